The second-order valence-corrected chi connectivity index (χ2v) is 5.83. The van der Waals surface area contributed by atoms with Gasteiger partial charge in [0.1, 0.15) is 0 Å². The molecule has 0 amide bonds. The van der Waals surface area contributed by atoms with Crippen LogP contribution in [0.1, 0.15) is 38.1 Å². The molecule has 0 spiro atoms. The minimum atomic E-state index is 0.500. The van der Waals surface area contributed by atoms with E-state index in [1.807, 2.05) is 0 Å². The summed E-state index contributed by atoms with van der Waals surface area (Å²) >= 11 is 0. The Morgan fingerprint density at radius 3 is 2.75 bits per heavy atom. The van der Waals surface area contributed by atoms with Crippen LogP contribution in [-0.2, 0) is 17.8 Å². The van der Waals surface area contributed by atoms with Crippen molar-refractivity contribution >= 4 is 0 Å². The predicted molar refractivity (Wildman–Crippen MR) is 81.5 cm³/mol. The number of nitrogens with one attached hydrogen (secondary N) is 1. The molecule has 20 heavy (non-hydrogen) atoms. The highest BCUT2D eigenvalue weighted by Crippen LogP contribution is 2.19. The summed E-state index contributed by atoms with van der Waals surface area (Å²) in [5.41, 5.74) is 2.29. The number of pyridine rings is 1. The first-order valence-corrected chi connectivity index (χ1v) is 7.60. The second kappa shape index (κ2) is 7.72. The van der Waals surface area contributed by atoms with Crippen molar-refractivity contribution in [1.82, 2.24) is 15.2 Å². The van der Waals surface area contributed by atoms with E-state index in [0.717, 1.165) is 43.7 Å². The van der Waals surface area contributed by atoms with Gasteiger partial charge in [-0.15, -0.1) is 0 Å². The van der Waals surface area contributed by atoms with Crippen molar-refractivity contribution in [3.63, 3.8) is 0 Å². The molecule has 1 saturated carbocycles. The third-order valence-corrected chi connectivity index (χ3v) is 3.69. The maximum atomic E-state index is 5.18. The molecule has 0 saturated heterocycles. The molecule has 0 unspecified atom stereocenters. The Labute approximate surface area is 122 Å². The quantitative estimate of drug-likeness (QED) is 0.751. The second-order valence-electron chi connectivity index (χ2n) is 5.83. The fraction of sp³-hybridized carbons (Fsp3) is 0.688. The lowest BCUT2D eigenvalue weighted by Gasteiger charge is -2.25. The minimum Gasteiger partial charge on any atom is -0.383 e. The molecule has 1 heterocycles. The van der Waals surface area contributed by atoms with E-state index in [9.17, 15) is 0 Å². The van der Waals surface area contributed by atoms with Gasteiger partial charge >= 0.3 is 0 Å². The smallest absolute Gasteiger partial charge is 0.0589 e. The van der Waals surface area contributed by atoms with Gasteiger partial charge in [0.25, 0.3) is 0 Å². The number of hydrogen-bond acceptors (Lipinski definition) is 4. The van der Waals surface area contributed by atoms with E-state index in [1.165, 1.54) is 12.8 Å². The van der Waals surface area contributed by atoms with Gasteiger partial charge in [0.15, 0.2) is 0 Å². The van der Waals surface area contributed by atoms with Crippen molar-refractivity contribution < 1.29 is 4.74 Å². The lowest BCUT2D eigenvalue weighted by Crippen LogP contribution is -2.33. The molecular formula is C16H27N3O. The van der Waals surface area contributed by atoms with Gasteiger partial charge in [-0.05, 0) is 38.8 Å². The SMILES string of the molecule is COCCN(Cc1cccc(CNC2CC2)n1)C(C)C. The lowest BCUT2D eigenvalue weighted by atomic mass is 10.2. The molecule has 2 rings (SSSR count). The van der Waals surface area contributed by atoms with Gasteiger partial charge in [-0.3, -0.25) is 9.88 Å². The van der Waals surface area contributed by atoms with E-state index < -0.39 is 0 Å². The average Bonchev–Trinajstić information content (AvgIpc) is 3.25. The summed E-state index contributed by atoms with van der Waals surface area (Å²) in [5.74, 6) is 0. The monoisotopic (exact) mass is 277 g/mol. The maximum absolute atomic E-state index is 5.18. The van der Waals surface area contributed by atoms with Crippen molar-refractivity contribution in [3.05, 3.63) is 29.6 Å². The van der Waals surface area contributed by atoms with Crippen molar-refractivity contribution in [3.8, 4) is 0 Å². The first-order chi connectivity index (χ1) is 9.69. The highest BCUT2D eigenvalue weighted by molar-refractivity contribution is 5.11. The predicted octanol–water partition coefficient (Wildman–Crippen LogP) is 2.19. The minimum absolute atomic E-state index is 0.500. The third kappa shape index (κ3) is 5.19. The van der Waals surface area contributed by atoms with Gasteiger partial charge < -0.3 is 10.1 Å². The Morgan fingerprint density at radius 1 is 1.35 bits per heavy atom. The van der Waals surface area contributed by atoms with Crippen LogP contribution in [0.25, 0.3) is 0 Å². The molecule has 1 aromatic heterocycles. The van der Waals surface area contributed by atoms with Crippen LogP contribution in [0.3, 0.4) is 0 Å². The number of aromatic nitrogens is 1. The standard InChI is InChI=1S/C16H27N3O/c1-13(2)19(9-10-20-3)12-16-6-4-5-15(18-16)11-17-14-7-8-14/h4-6,13-14,17H,7-12H2,1-3H3. The molecule has 0 radical (unpaired) electrons. The van der Waals surface area contributed by atoms with Gasteiger partial charge in [-0.2, -0.15) is 0 Å². The van der Waals surface area contributed by atoms with Crippen LogP contribution < -0.4 is 5.32 Å². The molecule has 1 aliphatic rings. The van der Waals surface area contributed by atoms with Crippen LogP contribution in [0, 0.1) is 0 Å². The molecule has 4 heteroatoms. The highest BCUT2D eigenvalue weighted by Gasteiger charge is 2.20. The molecule has 0 aliphatic heterocycles. The molecule has 1 fully saturated rings. The Balaban J connectivity index is 1.90. The first kappa shape index (κ1) is 15.4. The molecular weight excluding hydrogens is 250 g/mol. The fourth-order valence-electron chi connectivity index (χ4n) is 2.19. The van der Waals surface area contributed by atoms with E-state index in [4.69, 9.17) is 9.72 Å². The van der Waals surface area contributed by atoms with Crippen LogP contribution in [0.15, 0.2) is 18.2 Å². The average molecular weight is 277 g/mol. The summed E-state index contributed by atoms with van der Waals surface area (Å²) in [6, 6.07) is 7.56. The summed E-state index contributed by atoms with van der Waals surface area (Å²) in [5, 5.41) is 3.51. The summed E-state index contributed by atoms with van der Waals surface area (Å²) in [6.45, 7) is 7.92. The maximum Gasteiger partial charge on any atom is 0.0589 e. The lowest BCUT2D eigenvalue weighted by molar-refractivity contribution is 0.124. The summed E-state index contributed by atoms with van der Waals surface area (Å²) in [6.07, 6.45) is 2.63. The van der Waals surface area contributed by atoms with E-state index in [2.05, 4.69) is 42.3 Å². The number of hydrogen-bond donors (Lipinski definition) is 1. The molecule has 1 aromatic rings. The summed E-state index contributed by atoms with van der Waals surface area (Å²) in [7, 11) is 1.75. The highest BCUT2D eigenvalue weighted by atomic mass is 16.5. The van der Waals surface area contributed by atoms with Crippen LogP contribution >= 0.6 is 0 Å². The van der Waals surface area contributed by atoms with Gasteiger partial charge in [0.2, 0.25) is 0 Å². The Bertz CT molecular complexity index is 404. The number of methoxy groups -OCH3 is 1. The normalized spacial score (nSPS) is 15.2. The largest absolute Gasteiger partial charge is 0.383 e. The fourth-order valence-corrected chi connectivity index (χ4v) is 2.19. The molecule has 0 bridgehead atoms. The van der Waals surface area contributed by atoms with E-state index in [-0.39, 0.29) is 0 Å². The Morgan fingerprint density at radius 2 is 2.10 bits per heavy atom. The molecule has 1 N–H and O–H groups in total. The van der Waals surface area contributed by atoms with Gasteiger partial charge in [-0.25, -0.2) is 0 Å². The topological polar surface area (TPSA) is 37.4 Å². The molecule has 4 nitrogen and oxygen atoms in total. The third-order valence-electron chi connectivity index (χ3n) is 3.69. The molecule has 112 valence electrons. The van der Waals surface area contributed by atoms with Crippen LogP contribution in [0.2, 0.25) is 0 Å². The van der Waals surface area contributed by atoms with Gasteiger partial charge in [-0.1, -0.05) is 6.07 Å². The molecule has 0 aromatic carbocycles. The zero-order valence-electron chi connectivity index (χ0n) is 12.9. The van der Waals surface area contributed by atoms with E-state index >= 15 is 0 Å². The van der Waals surface area contributed by atoms with E-state index in [0.29, 0.717) is 6.04 Å². The van der Waals surface area contributed by atoms with Crippen molar-refractivity contribution in [2.24, 2.45) is 0 Å². The van der Waals surface area contributed by atoms with Crippen LogP contribution in [-0.4, -0.2) is 42.2 Å². The van der Waals surface area contributed by atoms with Gasteiger partial charge in [0, 0.05) is 38.8 Å². The summed E-state index contributed by atoms with van der Waals surface area (Å²) in [4.78, 5) is 7.15. The van der Waals surface area contributed by atoms with Crippen LogP contribution in [0.5, 0.6) is 0 Å². The zero-order chi connectivity index (χ0) is 14.4. The van der Waals surface area contributed by atoms with Crippen molar-refractivity contribution in [2.45, 2.75) is 51.9 Å². The number of ether oxygens (including phenoxy) is 1. The van der Waals surface area contributed by atoms with Gasteiger partial charge in [0.05, 0.1) is 18.0 Å². The summed E-state index contributed by atoms with van der Waals surface area (Å²) < 4.78 is 5.18. The Hall–Kier alpha value is -0.970. The molecule has 1 aliphatic carbocycles. The first-order valence-electron chi connectivity index (χ1n) is 7.60. The molecule has 0 atom stereocenters. The Kier molecular flexibility index (Phi) is 5.95. The van der Waals surface area contributed by atoms with Crippen LogP contribution in [0.4, 0.5) is 0 Å². The number of rotatable bonds is 9. The van der Waals surface area contributed by atoms with Crippen molar-refractivity contribution in [2.75, 3.05) is 20.3 Å². The van der Waals surface area contributed by atoms with E-state index in [1.54, 1.807) is 7.11 Å². The zero-order valence-corrected chi connectivity index (χ0v) is 12.9. The number of nitrogens with zero attached hydrogens (tertiary/aromatic N) is 2. The van der Waals surface area contributed by atoms with Crippen molar-refractivity contribution in [1.29, 1.82) is 0 Å².